The molecule has 1 aliphatic rings. The van der Waals surface area contributed by atoms with Gasteiger partial charge in [-0.2, -0.15) is 0 Å². The predicted molar refractivity (Wildman–Crippen MR) is 107 cm³/mol. The Balaban J connectivity index is 1.74. The van der Waals surface area contributed by atoms with E-state index in [-0.39, 0.29) is 6.04 Å². The van der Waals surface area contributed by atoms with Gasteiger partial charge >= 0.3 is 0 Å². The lowest BCUT2D eigenvalue weighted by molar-refractivity contribution is 0.0272. The number of nitrogens with zero attached hydrogens (tertiary/aromatic N) is 3. The van der Waals surface area contributed by atoms with Gasteiger partial charge in [-0.3, -0.25) is 5.01 Å². The first kappa shape index (κ1) is 16.6. The third-order valence-corrected chi connectivity index (χ3v) is 5.04. The highest BCUT2D eigenvalue weighted by Gasteiger charge is 2.27. The molecule has 0 radical (unpaired) electrons. The third-order valence-electron chi connectivity index (χ3n) is 5.04. The molecule has 0 unspecified atom stereocenters. The van der Waals surface area contributed by atoms with Crippen molar-refractivity contribution < 1.29 is 0 Å². The van der Waals surface area contributed by atoms with Crippen LogP contribution in [0.25, 0.3) is 0 Å². The molecule has 0 amide bonds. The number of hydrogen-bond donors (Lipinski definition) is 0. The average Bonchev–Trinajstić information content (AvgIpc) is 2.73. The Kier molecular flexibility index (Phi) is 4.55. The fourth-order valence-electron chi connectivity index (χ4n) is 3.38. The molecule has 1 heterocycles. The molecule has 3 aromatic rings. The molecule has 0 saturated carbocycles. The van der Waals surface area contributed by atoms with Crippen LogP contribution in [0.1, 0.15) is 29.7 Å². The molecule has 0 aromatic heterocycles. The molecule has 3 aromatic carbocycles. The van der Waals surface area contributed by atoms with Gasteiger partial charge in [-0.05, 0) is 24.1 Å². The summed E-state index contributed by atoms with van der Waals surface area (Å²) in [5.74, 6) is 0.995. The van der Waals surface area contributed by atoms with Crippen molar-refractivity contribution in [3.8, 4) is 0 Å². The van der Waals surface area contributed by atoms with Gasteiger partial charge in [0.1, 0.15) is 0 Å². The van der Waals surface area contributed by atoms with E-state index < -0.39 is 0 Å². The van der Waals surface area contributed by atoms with Crippen LogP contribution in [-0.4, -0.2) is 22.9 Å². The summed E-state index contributed by atoms with van der Waals surface area (Å²) in [4.78, 5) is 5.00. The average molecular weight is 341 g/mol. The summed E-state index contributed by atoms with van der Waals surface area (Å²) in [6.07, 6.45) is 0. The van der Waals surface area contributed by atoms with Crippen molar-refractivity contribution in [3.63, 3.8) is 0 Å². The fourth-order valence-corrected chi connectivity index (χ4v) is 3.38. The molecule has 0 spiro atoms. The molecule has 130 valence electrons. The number of amidine groups is 1. The molecule has 4 rings (SSSR count). The maximum absolute atomic E-state index is 5.00. The standard InChI is InChI=1S/C23H23N3/c1-18(19-11-5-3-6-12-19)25(2)26-17-21-15-9-10-16-22(21)24-23(26)20-13-7-4-8-14-20/h3-16,18H,17H2,1-2H3/t18-/m1/s1. The summed E-state index contributed by atoms with van der Waals surface area (Å²) in [6.45, 7) is 3.05. The van der Waals surface area contributed by atoms with Crippen molar-refractivity contribution in [1.29, 1.82) is 0 Å². The zero-order valence-electron chi connectivity index (χ0n) is 15.2. The van der Waals surface area contributed by atoms with E-state index in [1.54, 1.807) is 0 Å². The van der Waals surface area contributed by atoms with Crippen molar-refractivity contribution in [2.75, 3.05) is 7.05 Å². The number of para-hydroxylation sites is 1. The maximum Gasteiger partial charge on any atom is 0.151 e. The van der Waals surface area contributed by atoms with E-state index in [0.717, 1.165) is 23.6 Å². The van der Waals surface area contributed by atoms with E-state index in [1.165, 1.54) is 11.1 Å². The summed E-state index contributed by atoms with van der Waals surface area (Å²) < 4.78 is 0. The highest BCUT2D eigenvalue weighted by molar-refractivity contribution is 6.01. The van der Waals surface area contributed by atoms with E-state index in [4.69, 9.17) is 4.99 Å². The van der Waals surface area contributed by atoms with E-state index >= 15 is 0 Å². The Hall–Kier alpha value is -2.91. The molecular weight excluding hydrogens is 318 g/mol. The normalized spacial score (nSPS) is 14.7. The summed E-state index contributed by atoms with van der Waals surface area (Å²) in [7, 11) is 2.14. The van der Waals surface area contributed by atoms with Crippen molar-refractivity contribution in [2.24, 2.45) is 4.99 Å². The van der Waals surface area contributed by atoms with E-state index in [2.05, 4.69) is 103 Å². The second-order valence-corrected chi connectivity index (χ2v) is 6.65. The number of aliphatic imine (C=N–C) groups is 1. The van der Waals surface area contributed by atoms with Crippen LogP contribution in [0.5, 0.6) is 0 Å². The van der Waals surface area contributed by atoms with Gasteiger partial charge < -0.3 is 0 Å². The van der Waals surface area contributed by atoms with Gasteiger partial charge in [0.15, 0.2) is 5.84 Å². The molecular formula is C23H23N3. The van der Waals surface area contributed by atoms with Crippen LogP contribution in [0, 0.1) is 0 Å². The third kappa shape index (κ3) is 3.14. The topological polar surface area (TPSA) is 18.8 Å². The van der Waals surface area contributed by atoms with E-state index in [1.807, 2.05) is 6.07 Å². The lowest BCUT2D eigenvalue weighted by atomic mass is 10.1. The minimum absolute atomic E-state index is 0.246. The van der Waals surface area contributed by atoms with Gasteiger partial charge in [0, 0.05) is 12.6 Å². The number of benzene rings is 3. The highest BCUT2D eigenvalue weighted by Crippen LogP contribution is 2.31. The van der Waals surface area contributed by atoms with Gasteiger partial charge in [0.25, 0.3) is 0 Å². The first-order chi connectivity index (χ1) is 12.7. The number of hydrogen-bond acceptors (Lipinski definition) is 3. The Labute approximate surface area is 155 Å². The molecule has 3 heteroatoms. The van der Waals surface area contributed by atoms with Crippen molar-refractivity contribution in [2.45, 2.75) is 19.5 Å². The van der Waals surface area contributed by atoms with Crippen molar-refractivity contribution >= 4 is 11.5 Å². The van der Waals surface area contributed by atoms with Crippen LogP contribution in [0.3, 0.4) is 0 Å². The summed E-state index contributed by atoms with van der Waals surface area (Å²) >= 11 is 0. The first-order valence-corrected chi connectivity index (χ1v) is 9.01. The molecule has 0 fully saturated rings. The molecule has 0 aliphatic carbocycles. The molecule has 0 N–H and O–H groups in total. The number of rotatable bonds is 4. The minimum Gasteiger partial charge on any atom is -0.284 e. The first-order valence-electron chi connectivity index (χ1n) is 9.01. The van der Waals surface area contributed by atoms with Crippen molar-refractivity contribution in [1.82, 2.24) is 10.0 Å². The zero-order chi connectivity index (χ0) is 17.9. The molecule has 1 atom stereocenters. The zero-order valence-corrected chi connectivity index (χ0v) is 15.2. The van der Waals surface area contributed by atoms with Crippen LogP contribution in [-0.2, 0) is 6.54 Å². The predicted octanol–water partition coefficient (Wildman–Crippen LogP) is 5.19. The largest absolute Gasteiger partial charge is 0.284 e. The fraction of sp³-hybridized carbons (Fsp3) is 0.174. The second kappa shape index (κ2) is 7.14. The Morgan fingerprint density at radius 1 is 0.846 bits per heavy atom. The van der Waals surface area contributed by atoms with Gasteiger partial charge in [0.05, 0.1) is 18.3 Å². The Morgan fingerprint density at radius 2 is 1.46 bits per heavy atom. The SMILES string of the molecule is C[C@H](c1ccccc1)N(C)N1Cc2ccccc2N=C1c1ccccc1. The van der Waals surface area contributed by atoms with Gasteiger partial charge in [-0.1, -0.05) is 78.9 Å². The summed E-state index contributed by atoms with van der Waals surface area (Å²) in [5.41, 5.74) is 4.73. The Bertz CT molecular complexity index is 903. The monoisotopic (exact) mass is 341 g/mol. The smallest absolute Gasteiger partial charge is 0.151 e. The minimum atomic E-state index is 0.246. The van der Waals surface area contributed by atoms with Crippen molar-refractivity contribution in [3.05, 3.63) is 102 Å². The summed E-state index contributed by atoms with van der Waals surface area (Å²) in [6, 6.07) is 29.7. The van der Waals surface area contributed by atoms with Crippen LogP contribution in [0.2, 0.25) is 0 Å². The van der Waals surface area contributed by atoms with E-state index in [9.17, 15) is 0 Å². The highest BCUT2D eigenvalue weighted by atomic mass is 15.6. The maximum atomic E-state index is 5.00. The van der Waals surface area contributed by atoms with Crippen LogP contribution in [0.4, 0.5) is 5.69 Å². The number of fused-ring (bicyclic) bond motifs is 1. The van der Waals surface area contributed by atoms with Crippen LogP contribution < -0.4 is 0 Å². The van der Waals surface area contributed by atoms with Gasteiger partial charge in [-0.15, -0.1) is 0 Å². The molecule has 0 saturated heterocycles. The van der Waals surface area contributed by atoms with Gasteiger partial charge in [-0.25, -0.2) is 10.0 Å². The molecule has 26 heavy (non-hydrogen) atoms. The Morgan fingerprint density at radius 3 is 2.19 bits per heavy atom. The van der Waals surface area contributed by atoms with E-state index in [0.29, 0.717) is 0 Å². The van der Waals surface area contributed by atoms with Crippen LogP contribution in [0.15, 0.2) is 89.9 Å². The lowest BCUT2D eigenvalue weighted by Gasteiger charge is -2.40. The molecule has 3 nitrogen and oxygen atoms in total. The molecule has 0 bridgehead atoms. The van der Waals surface area contributed by atoms with Crippen LogP contribution >= 0.6 is 0 Å². The number of hydrazine groups is 1. The summed E-state index contributed by atoms with van der Waals surface area (Å²) in [5, 5.41) is 4.58. The lowest BCUT2D eigenvalue weighted by Crippen LogP contribution is -2.46. The quantitative estimate of drug-likeness (QED) is 0.650. The second-order valence-electron chi connectivity index (χ2n) is 6.65. The van der Waals surface area contributed by atoms with Gasteiger partial charge in [0.2, 0.25) is 0 Å². The molecule has 1 aliphatic heterocycles.